The number of rotatable bonds is 4. The lowest BCUT2D eigenvalue weighted by Crippen LogP contribution is -2.39. The molecule has 1 fully saturated rings. The number of aromatic nitrogens is 2. The predicted octanol–water partition coefficient (Wildman–Crippen LogP) is 3.23. The molecule has 0 radical (unpaired) electrons. The Morgan fingerprint density at radius 1 is 1.14 bits per heavy atom. The van der Waals surface area contributed by atoms with Gasteiger partial charge >= 0.3 is 0 Å². The Kier molecular flexibility index (Phi) is 5.20. The van der Waals surface area contributed by atoms with Gasteiger partial charge in [-0.05, 0) is 42.0 Å². The van der Waals surface area contributed by atoms with Gasteiger partial charge in [0.25, 0.3) is 0 Å². The van der Waals surface area contributed by atoms with Crippen LogP contribution in [0.4, 0.5) is 5.82 Å². The monoisotopic (exact) mass is 398 g/mol. The van der Waals surface area contributed by atoms with E-state index in [2.05, 4.69) is 31.0 Å². The summed E-state index contributed by atoms with van der Waals surface area (Å²) < 4.78 is 25.5. The van der Waals surface area contributed by atoms with Crippen molar-refractivity contribution in [3.63, 3.8) is 0 Å². The van der Waals surface area contributed by atoms with E-state index in [0.29, 0.717) is 25.3 Å². The number of nitrogens with zero attached hydrogens (tertiary/aromatic N) is 4. The summed E-state index contributed by atoms with van der Waals surface area (Å²) in [6, 6.07) is 13.1. The lowest BCUT2D eigenvalue weighted by atomic mass is 9.87. The van der Waals surface area contributed by atoms with Gasteiger partial charge in [0.1, 0.15) is 6.07 Å². The molecule has 2 aromatic rings. The fraction of sp³-hybridized carbons (Fsp3) is 0.476. The molecule has 1 aromatic heterocycles. The maximum atomic E-state index is 13.2. The first kappa shape index (κ1) is 20.3. The molecule has 0 bridgehead atoms. The summed E-state index contributed by atoms with van der Waals surface area (Å²) in [5, 5.41) is 16.7. The second-order valence-corrected chi connectivity index (χ2v) is 11.2. The van der Waals surface area contributed by atoms with Crippen LogP contribution in [-0.2, 0) is 21.0 Å². The van der Waals surface area contributed by atoms with E-state index in [0.717, 1.165) is 5.56 Å². The third-order valence-corrected chi connectivity index (χ3v) is 8.00. The lowest BCUT2D eigenvalue weighted by molar-refractivity contribution is 0.545. The van der Waals surface area contributed by atoms with Gasteiger partial charge in [-0.1, -0.05) is 45.0 Å². The highest BCUT2D eigenvalue weighted by molar-refractivity contribution is 7.92. The molecule has 0 unspecified atom stereocenters. The molecule has 7 heteroatoms. The summed E-state index contributed by atoms with van der Waals surface area (Å²) in [5.41, 5.74) is 2.28. The highest BCUT2D eigenvalue weighted by Crippen LogP contribution is 2.34. The SMILES string of the molecule is CC(C)(C)c1ccc(CS(=O)(=O)[C@]2(C)CCN(c3ccc(C#N)nn3)C2)cc1. The summed E-state index contributed by atoms with van der Waals surface area (Å²) in [6.07, 6.45) is 0.539. The van der Waals surface area contributed by atoms with E-state index in [4.69, 9.17) is 5.26 Å². The Hall–Kier alpha value is -2.46. The molecule has 1 aliphatic rings. The van der Waals surface area contributed by atoms with Crippen LogP contribution in [0.5, 0.6) is 0 Å². The van der Waals surface area contributed by atoms with Crippen LogP contribution in [0, 0.1) is 11.3 Å². The molecule has 1 aliphatic heterocycles. The highest BCUT2D eigenvalue weighted by Gasteiger charge is 2.45. The van der Waals surface area contributed by atoms with Crippen LogP contribution in [0.3, 0.4) is 0 Å². The smallest absolute Gasteiger partial charge is 0.163 e. The van der Waals surface area contributed by atoms with Gasteiger partial charge in [-0.15, -0.1) is 10.2 Å². The minimum Gasteiger partial charge on any atom is -0.353 e. The highest BCUT2D eigenvalue weighted by atomic mass is 32.2. The molecule has 0 aliphatic carbocycles. The first-order chi connectivity index (χ1) is 13.0. The van der Waals surface area contributed by atoms with E-state index < -0.39 is 14.6 Å². The van der Waals surface area contributed by atoms with E-state index in [1.165, 1.54) is 5.56 Å². The van der Waals surface area contributed by atoms with E-state index >= 15 is 0 Å². The van der Waals surface area contributed by atoms with Gasteiger partial charge in [0.05, 0.1) is 10.5 Å². The fourth-order valence-electron chi connectivity index (χ4n) is 3.43. The van der Waals surface area contributed by atoms with Crippen molar-refractivity contribution in [2.75, 3.05) is 18.0 Å². The lowest BCUT2D eigenvalue weighted by Gasteiger charge is -2.25. The van der Waals surface area contributed by atoms with Crippen LogP contribution >= 0.6 is 0 Å². The van der Waals surface area contributed by atoms with E-state index in [-0.39, 0.29) is 16.9 Å². The molecule has 1 saturated heterocycles. The molecule has 1 aromatic carbocycles. The van der Waals surface area contributed by atoms with Crippen molar-refractivity contribution in [3.05, 3.63) is 53.2 Å². The Bertz CT molecular complexity index is 987. The number of benzene rings is 1. The second kappa shape index (κ2) is 7.17. The number of hydrogen-bond acceptors (Lipinski definition) is 6. The third kappa shape index (κ3) is 4.02. The third-order valence-electron chi connectivity index (χ3n) is 5.45. The second-order valence-electron chi connectivity index (χ2n) is 8.72. The maximum absolute atomic E-state index is 13.2. The average molecular weight is 399 g/mol. The number of sulfone groups is 1. The van der Waals surface area contributed by atoms with Crippen LogP contribution in [0.2, 0.25) is 0 Å². The van der Waals surface area contributed by atoms with Gasteiger partial charge in [0.15, 0.2) is 21.3 Å². The van der Waals surface area contributed by atoms with Crippen LogP contribution in [0.15, 0.2) is 36.4 Å². The van der Waals surface area contributed by atoms with Crippen molar-refractivity contribution in [1.82, 2.24) is 10.2 Å². The zero-order valence-electron chi connectivity index (χ0n) is 16.8. The molecule has 28 heavy (non-hydrogen) atoms. The molecule has 2 heterocycles. The topological polar surface area (TPSA) is 87.0 Å². The Morgan fingerprint density at radius 3 is 2.36 bits per heavy atom. The Morgan fingerprint density at radius 2 is 1.82 bits per heavy atom. The van der Waals surface area contributed by atoms with Gasteiger partial charge in [0, 0.05) is 13.1 Å². The molecular weight excluding hydrogens is 372 g/mol. The molecular formula is C21H26N4O2S. The summed E-state index contributed by atoms with van der Waals surface area (Å²) in [4.78, 5) is 1.93. The van der Waals surface area contributed by atoms with E-state index in [9.17, 15) is 8.42 Å². The van der Waals surface area contributed by atoms with Gasteiger partial charge < -0.3 is 4.90 Å². The molecule has 0 amide bonds. The van der Waals surface area contributed by atoms with Crippen molar-refractivity contribution in [3.8, 4) is 6.07 Å². The number of anilines is 1. The van der Waals surface area contributed by atoms with Crippen molar-refractivity contribution in [2.45, 2.75) is 50.0 Å². The van der Waals surface area contributed by atoms with Crippen LogP contribution in [0.1, 0.15) is 50.9 Å². The largest absolute Gasteiger partial charge is 0.353 e. The van der Waals surface area contributed by atoms with Gasteiger partial charge in [-0.3, -0.25) is 0 Å². The first-order valence-corrected chi connectivity index (χ1v) is 11.0. The van der Waals surface area contributed by atoms with E-state index in [1.54, 1.807) is 12.1 Å². The van der Waals surface area contributed by atoms with Crippen molar-refractivity contribution >= 4 is 15.7 Å². The maximum Gasteiger partial charge on any atom is 0.163 e. The normalized spacial score (nSPS) is 20.2. The average Bonchev–Trinajstić information content (AvgIpc) is 3.05. The zero-order chi connectivity index (χ0) is 20.6. The van der Waals surface area contributed by atoms with Crippen LogP contribution in [-0.4, -0.2) is 36.5 Å². The Labute approximate surface area is 167 Å². The zero-order valence-corrected chi connectivity index (χ0v) is 17.6. The molecule has 0 N–H and O–H groups in total. The van der Waals surface area contributed by atoms with Gasteiger partial charge in [-0.2, -0.15) is 5.26 Å². The van der Waals surface area contributed by atoms with E-state index in [1.807, 2.05) is 42.2 Å². The molecule has 6 nitrogen and oxygen atoms in total. The fourth-order valence-corrected chi connectivity index (χ4v) is 5.17. The quantitative estimate of drug-likeness (QED) is 0.786. The molecule has 0 saturated carbocycles. The van der Waals surface area contributed by atoms with Crippen molar-refractivity contribution in [1.29, 1.82) is 5.26 Å². The first-order valence-electron chi connectivity index (χ1n) is 9.35. The molecule has 3 rings (SSSR count). The Balaban J connectivity index is 1.75. The summed E-state index contributed by atoms with van der Waals surface area (Å²) in [6.45, 7) is 9.19. The standard InChI is InChI=1S/C21H26N4O2S/c1-20(2,3)17-7-5-16(6-8-17)14-28(26,27)21(4)11-12-25(15-21)19-10-9-18(13-22)23-24-19/h5-10H,11-12,14-15H2,1-4H3/t21-/m1/s1. The molecule has 148 valence electrons. The van der Waals surface area contributed by atoms with Crippen molar-refractivity contribution in [2.24, 2.45) is 0 Å². The summed E-state index contributed by atoms with van der Waals surface area (Å²) in [7, 11) is -3.36. The minimum absolute atomic E-state index is 0.0286. The minimum atomic E-state index is -3.36. The summed E-state index contributed by atoms with van der Waals surface area (Å²) >= 11 is 0. The number of nitriles is 1. The number of hydrogen-bond donors (Lipinski definition) is 0. The molecule has 1 atom stereocenters. The summed E-state index contributed by atoms with van der Waals surface area (Å²) in [5.74, 6) is 0.633. The predicted molar refractivity (Wildman–Crippen MR) is 110 cm³/mol. The van der Waals surface area contributed by atoms with Gasteiger partial charge in [0.2, 0.25) is 0 Å². The molecule has 0 spiro atoms. The van der Waals surface area contributed by atoms with Crippen LogP contribution < -0.4 is 4.90 Å². The van der Waals surface area contributed by atoms with Crippen molar-refractivity contribution < 1.29 is 8.42 Å². The van der Waals surface area contributed by atoms with Crippen LogP contribution in [0.25, 0.3) is 0 Å². The van der Waals surface area contributed by atoms with Gasteiger partial charge in [-0.25, -0.2) is 8.42 Å².